The van der Waals surface area contributed by atoms with Crippen molar-refractivity contribution in [2.24, 2.45) is 11.8 Å². The molecule has 2 nitrogen and oxygen atoms in total. The van der Waals surface area contributed by atoms with Gasteiger partial charge in [0.25, 0.3) is 0 Å². The van der Waals surface area contributed by atoms with Gasteiger partial charge in [-0.15, -0.1) is 46.4 Å². The Hall–Kier alpha value is 1.66. The lowest BCUT2D eigenvalue weighted by Crippen LogP contribution is -2.52. The number of aliphatic hydroxyl groups excluding tert-OH is 2. The summed E-state index contributed by atoms with van der Waals surface area (Å²) in [6.45, 7) is -0.644. The quantitative estimate of drug-likeness (QED) is 0.741. The highest BCUT2D eigenvalue weighted by Gasteiger charge is 2.85. The third kappa shape index (κ3) is 1.40. The molecule has 0 aliphatic heterocycles. The van der Waals surface area contributed by atoms with E-state index in [0.717, 1.165) is 0 Å². The first-order valence-electron chi connectivity index (χ1n) is 4.96. The number of fused-ring (bicyclic) bond motifs is 2. The molecule has 0 aromatic heterocycles. The Balaban J connectivity index is 2.63. The zero-order chi connectivity index (χ0) is 13.2. The Morgan fingerprint density at radius 3 is 1.29 bits per heavy atom. The fraction of sp³-hybridized carbons (Fsp3) is 1.00. The number of hydrogen-bond acceptors (Lipinski definition) is 2. The molecular formula is C9H10Cl6O2. The monoisotopic (exact) mass is 360 g/mol. The number of alkyl halides is 6. The van der Waals surface area contributed by atoms with E-state index in [1.807, 2.05) is 0 Å². The number of rotatable bonds is 2. The van der Waals surface area contributed by atoms with Crippen molar-refractivity contribution in [2.45, 2.75) is 24.8 Å². The van der Waals surface area contributed by atoms with E-state index in [1.54, 1.807) is 0 Å². The van der Waals surface area contributed by atoms with E-state index >= 15 is 0 Å². The minimum atomic E-state index is -1.62. The maximum Gasteiger partial charge on any atom is 0.160 e. The average Bonchev–Trinajstić information content (AvgIpc) is 2.48. The first kappa shape index (κ1) is 15.1. The van der Waals surface area contributed by atoms with Crippen LogP contribution in [0.5, 0.6) is 0 Å². The molecule has 0 unspecified atom stereocenters. The van der Waals surface area contributed by atoms with Crippen LogP contribution in [0.25, 0.3) is 0 Å². The zero-order valence-corrected chi connectivity index (χ0v) is 12.9. The number of hydrogen-bond donors (Lipinski definition) is 2. The van der Waals surface area contributed by atoms with Crippen LogP contribution in [-0.2, 0) is 0 Å². The molecule has 0 amide bonds. The average molecular weight is 363 g/mol. The molecule has 2 aliphatic rings. The topological polar surface area (TPSA) is 40.5 Å². The van der Waals surface area contributed by atoms with Gasteiger partial charge in [-0.25, -0.2) is 0 Å². The van der Waals surface area contributed by atoms with Crippen molar-refractivity contribution < 1.29 is 10.2 Å². The molecule has 8 heteroatoms. The first-order valence-corrected chi connectivity index (χ1v) is 7.35. The predicted molar refractivity (Wildman–Crippen MR) is 72.0 cm³/mol. The van der Waals surface area contributed by atoms with Gasteiger partial charge in [0, 0.05) is 25.0 Å². The zero-order valence-electron chi connectivity index (χ0n) is 8.39. The molecule has 2 aliphatic carbocycles. The summed E-state index contributed by atoms with van der Waals surface area (Å²) in [5, 5.41) is 17.3. The van der Waals surface area contributed by atoms with Crippen LogP contribution in [0.2, 0.25) is 0 Å². The van der Waals surface area contributed by atoms with Crippen molar-refractivity contribution >= 4 is 69.6 Å². The van der Waals surface area contributed by atoms with Gasteiger partial charge >= 0.3 is 0 Å². The van der Waals surface area contributed by atoms with Gasteiger partial charge in [0.15, 0.2) is 4.33 Å². The highest BCUT2D eigenvalue weighted by molar-refractivity contribution is 6.62. The molecular weight excluding hydrogens is 353 g/mol. The lowest BCUT2D eigenvalue weighted by molar-refractivity contribution is 0.0953. The van der Waals surface area contributed by atoms with Crippen molar-refractivity contribution in [2.75, 3.05) is 13.2 Å². The summed E-state index contributed by atoms with van der Waals surface area (Å²) in [6.07, 6.45) is 0. The molecule has 0 aromatic carbocycles. The lowest BCUT2D eigenvalue weighted by Gasteiger charge is -2.40. The van der Waals surface area contributed by atoms with Crippen LogP contribution in [0.1, 0.15) is 0 Å². The van der Waals surface area contributed by atoms with E-state index in [4.69, 9.17) is 69.6 Å². The number of aliphatic hydroxyl groups is 2. The first-order chi connectivity index (χ1) is 7.71. The largest absolute Gasteiger partial charge is 0.396 e. The van der Waals surface area contributed by atoms with Crippen LogP contribution in [0.4, 0.5) is 0 Å². The molecule has 0 aromatic rings. The van der Waals surface area contributed by atoms with Crippen LogP contribution in [-0.4, -0.2) is 48.3 Å². The van der Waals surface area contributed by atoms with E-state index in [1.165, 1.54) is 0 Å². The minimum absolute atomic E-state index is 0.322. The molecule has 0 heterocycles. The fourth-order valence-electron chi connectivity index (χ4n) is 3.05. The van der Waals surface area contributed by atoms with Gasteiger partial charge in [0.1, 0.15) is 9.75 Å². The fourth-order valence-corrected chi connectivity index (χ4v) is 6.53. The second kappa shape index (κ2) is 4.33. The summed E-state index contributed by atoms with van der Waals surface area (Å²) in [5.41, 5.74) is 0. The molecule has 100 valence electrons. The summed E-state index contributed by atoms with van der Waals surface area (Å²) in [4.78, 5) is -2.73. The summed E-state index contributed by atoms with van der Waals surface area (Å²) in [7, 11) is 0. The highest BCUT2D eigenvalue weighted by Crippen LogP contribution is 2.74. The van der Waals surface area contributed by atoms with E-state index in [0.29, 0.717) is 0 Å². The van der Waals surface area contributed by atoms with E-state index in [2.05, 4.69) is 0 Å². The Bertz CT molecular complexity index is 309. The maximum absolute atomic E-state index is 9.43. The molecule has 17 heavy (non-hydrogen) atoms. The van der Waals surface area contributed by atoms with Gasteiger partial charge in [-0.3, -0.25) is 0 Å². The summed E-state index contributed by atoms with van der Waals surface area (Å²) in [6, 6.07) is 0. The van der Waals surface area contributed by atoms with Gasteiger partial charge < -0.3 is 10.2 Å². The third-order valence-corrected chi connectivity index (χ3v) is 8.76. The normalized spacial score (nSPS) is 56.5. The van der Waals surface area contributed by atoms with Gasteiger partial charge in [-0.1, -0.05) is 23.2 Å². The summed E-state index contributed by atoms with van der Waals surface area (Å²) < 4.78 is -1.62. The molecule has 0 saturated heterocycles. The van der Waals surface area contributed by atoms with Crippen LogP contribution in [0.3, 0.4) is 0 Å². The Morgan fingerprint density at radius 1 is 0.765 bits per heavy atom. The standard InChI is InChI=1S/C9H10Cl6O2/c10-5-6(11)8(13)4(2-17)3(1-16)7(5,12)9(8,14)15/h3-6,16-17H,1-2H2/t3-,4+,5+,6-,7-,8+. The summed E-state index contributed by atoms with van der Waals surface area (Å²) in [5.74, 6) is -1.22. The molecule has 0 spiro atoms. The van der Waals surface area contributed by atoms with Gasteiger partial charge in [-0.05, 0) is 0 Å². The predicted octanol–water partition coefficient (Wildman–Crippen LogP) is 2.57. The summed E-state index contributed by atoms with van der Waals surface area (Å²) >= 11 is 37.7. The van der Waals surface area contributed by atoms with Gasteiger partial charge in [-0.2, -0.15) is 0 Å². The molecule has 0 radical (unpaired) electrons. The molecule has 2 fully saturated rings. The third-order valence-electron chi connectivity index (χ3n) is 3.98. The minimum Gasteiger partial charge on any atom is -0.396 e. The van der Waals surface area contributed by atoms with Gasteiger partial charge in [0.2, 0.25) is 0 Å². The van der Waals surface area contributed by atoms with E-state index in [-0.39, 0.29) is 13.2 Å². The van der Waals surface area contributed by atoms with Crippen molar-refractivity contribution in [3.8, 4) is 0 Å². The second-order valence-electron chi connectivity index (χ2n) is 4.49. The van der Waals surface area contributed by atoms with Crippen molar-refractivity contribution in [1.82, 2.24) is 0 Å². The van der Waals surface area contributed by atoms with Crippen LogP contribution < -0.4 is 0 Å². The van der Waals surface area contributed by atoms with Crippen LogP contribution in [0, 0.1) is 11.8 Å². The van der Waals surface area contributed by atoms with Crippen molar-refractivity contribution in [3.05, 3.63) is 0 Å². The molecule has 2 N–H and O–H groups in total. The Kier molecular flexibility index (Phi) is 3.83. The van der Waals surface area contributed by atoms with Crippen molar-refractivity contribution in [3.63, 3.8) is 0 Å². The number of halogens is 6. The molecule has 2 rings (SSSR count). The van der Waals surface area contributed by atoms with Gasteiger partial charge in [0.05, 0.1) is 10.8 Å². The molecule has 2 saturated carbocycles. The smallest absolute Gasteiger partial charge is 0.160 e. The molecule has 2 bridgehead atoms. The Morgan fingerprint density at radius 2 is 1.06 bits per heavy atom. The molecule has 6 atom stereocenters. The lowest BCUT2D eigenvalue weighted by atomic mass is 9.79. The Labute approximate surface area is 129 Å². The van der Waals surface area contributed by atoms with E-state index < -0.39 is 36.7 Å². The maximum atomic E-state index is 9.43. The van der Waals surface area contributed by atoms with Crippen LogP contribution in [0.15, 0.2) is 0 Å². The highest BCUT2D eigenvalue weighted by atomic mass is 35.5. The SMILES string of the molecule is OC[C@@H]1[C@H](CO)[C@]2(Cl)[C@H](Cl)[C@H](Cl)[C@@]1(Cl)C2(Cl)Cl. The second-order valence-corrected chi connectivity index (χ2v) is 8.01. The van der Waals surface area contributed by atoms with Crippen LogP contribution >= 0.6 is 69.6 Å². The van der Waals surface area contributed by atoms with Crippen molar-refractivity contribution in [1.29, 1.82) is 0 Å². The van der Waals surface area contributed by atoms with E-state index in [9.17, 15) is 10.2 Å².